The Morgan fingerprint density at radius 2 is 2.00 bits per heavy atom. The molecule has 3 heteroatoms. The van der Waals surface area contributed by atoms with E-state index in [4.69, 9.17) is 11.8 Å². The van der Waals surface area contributed by atoms with Crippen LogP contribution in [0.25, 0.3) is 0 Å². The Morgan fingerprint density at radius 3 is 2.58 bits per heavy atom. The number of hydrogen-bond acceptors (Lipinski definition) is 2. The molecule has 1 unspecified atom stereocenters. The summed E-state index contributed by atoms with van der Waals surface area (Å²) >= 11 is 7.73. The Hall–Kier alpha value is 0.220. The minimum Gasteiger partial charge on any atom is -0.119 e. The zero-order chi connectivity index (χ0) is 8.44. The number of benzene rings is 1. The molecule has 0 aromatic heterocycles. The Morgan fingerprint density at radius 1 is 1.25 bits per heavy atom. The van der Waals surface area contributed by atoms with E-state index in [-0.39, 0.29) is 0 Å². The van der Waals surface area contributed by atoms with E-state index in [9.17, 15) is 0 Å². The summed E-state index contributed by atoms with van der Waals surface area (Å²) in [7, 11) is 0. The van der Waals surface area contributed by atoms with Gasteiger partial charge in [0.15, 0.2) is 0 Å². The van der Waals surface area contributed by atoms with Gasteiger partial charge in [0.05, 0.1) is 0 Å². The second-order valence-corrected chi connectivity index (χ2v) is 11.1. The molecular weight excluding hydrogens is 203 g/mol. The Labute approximate surface area is 82.5 Å². The van der Waals surface area contributed by atoms with Crippen LogP contribution in [0.5, 0.6) is 0 Å². The van der Waals surface area contributed by atoms with Crippen LogP contribution >= 0.6 is 16.6 Å². The molecule has 0 radical (unpaired) electrons. The average Bonchev–Trinajstić information content (AvgIpc) is 2.55. The SMILES string of the molecule is S=P1(c2ccccc2)CCCS1. The van der Waals surface area contributed by atoms with Crippen LogP contribution in [0, 0.1) is 0 Å². The average molecular weight is 214 g/mol. The van der Waals surface area contributed by atoms with E-state index >= 15 is 0 Å². The molecule has 2 rings (SSSR count). The molecule has 1 aromatic carbocycles. The predicted molar refractivity (Wildman–Crippen MR) is 62.3 cm³/mol. The van der Waals surface area contributed by atoms with Crippen molar-refractivity contribution in [3.05, 3.63) is 30.3 Å². The molecule has 0 spiro atoms. The molecule has 1 heterocycles. The summed E-state index contributed by atoms with van der Waals surface area (Å²) in [6.07, 6.45) is 2.58. The number of rotatable bonds is 1. The van der Waals surface area contributed by atoms with Crippen molar-refractivity contribution in [2.45, 2.75) is 6.42 Å². The molecule has 0 N–H and O–H groups in total. The molecule has 64 valence electrons. The summed E-state index contributed by atoms with van der Waals surface area (Å²) in [4.78, 5) is 0. The Kier molecular flexibility index (Phi) is 2.59. The van der Waals surface area contributed by atoms with Gasteiger partial charge in [0, 0.05) is 5.24 Å². The van der Waals surface area contributed by atoms with E-state index in [0.717, 1.165) is 0 Å². The van der Waals surface area contributed by atoms with Crippen molar-refractivity contribution in [1.29, 1.82) is 0 Å². The fourth-order valence-electron chi connectivity index (χ4n) is 1.41. The van der Waals surface area contributed by atoms with Gasteiger partial charge in [-0.05, 0) is 23.6 Å². The maximum atomic E-state index is 5.71. The molecule has 1 aliphatic heterocycles. The highest BCUT2D eigenvalue weighted by molar-refractivity contribution is 8.73. The third-order valence-corrected chi connectivity index (χ3v) is 10.0. The first-order valence-corrected chi connectivity index (χ1v) is 8.68. The predicted octanol–water partition coefficient (Wildman–Crippen LogP) is 2.84. The van der Waals surface area contributed by atoms with Crippen LogP contribution in [-0.4, -0.2) is 11.9 Å². The summed E-state index contributed by atoms with van der Waals surface area (Å²) < 4.78 is 0. The summed E-state index contributed by atoms with van der Waals surface area (Å²) in [6, 6.07) is 10.6. The van der Waals surface area contributed by atoms with Gasteiger partial charge in [-0.2, -0.15) is 0 Å². The molecule has 0 amide bonds. The molecule has 1 saturated heterocycles. The largest absolute Gasteiger partial charge is 0.119 e. The zero-order valence-corrected chi connectivity index (χ0v) is 9.30. The monoisotopic (exact) mass is 214 g/mol. The van der Waals surface area contributed by atoms with Gasteiger partial charge in [-0.15, -0.1) is 11.4 Å². The molecule has 0 saturated carbocycles. The zero-order valence-electron chi connectivity index (χ0n) is 6.77. The van der Waals surface area contributed by atoms with Crippen LogP contribution in [0.2, 0.25) is 0 Å². The van der Waals surface area contributed by atoms with Crippen LogP contribution < -0.4 is 5.30 Å². The van der Waals surface area contributed by atoms with E-state index in [2.05, 4.69) is 30.3 Å². The van der Waals surface area contributed by atoms with Crippen molar-refractivity contribution in [2.75, 3.05) is 11.9 Å². The molecule has 0 bridgehead atoms. The third kappa shape index (κ3) is 1.61. The molecule has 1 atom stereocenters. The summed E-state index contributed by atoms with van der Waals surface area (Å²) in [6.45, 7) is 0. The van der Waals surface area contributed by atoms with E-state index in [1.807, 2.05) is 11.4 Å². The fraction of sp³-hybridized carbons (Fsp3) is 0.333. The lowest BCUT2D eigenvalue weighted by Gasteiger charge is -2.13. The minimum atomic E-state index is -1.17. The van der Waals surface area contributed by atoms with Crippen LogP contribution in [0.3, 0.4) is 0 Å². The molecule has 0 nitrogen and oxygen atoms in total. The summed E-state index contributed by atoms with van der Waals surface area (Å²) in [5, 5.41) is 0.247. The van der Waals surface area contributed by atoms with Gasteiger partial charge < -0.3 is 0 Å². The lowest BCUT2D eigenvalue weighted by atomic mass is 10.4. The van der Waals surface area contributed by atoms with Gasteiger partial charge in [0.1, 0.15) is 0 Å². The van der Waals surface area contributed by atoms with E-state index in [1.54, 1.807) is 0 Å². The maximum Gasteiger partial charge on any atom is 0.0338 e. The Balaban J connectivity index is 2.36. The van der Waals surface area contributed by atoms with Crippen molar-refractivity contribution in [3.63, 3.8) is 0 Å². The van der Waals surface area contributed by atoms with Gasteiger partial charge in [0.25, 0.3) is 0 Å². The number of hydrogen-bond donors (Lipinski definition) is 0. The van der Waals surface area contributed by atoms with Crippen molar-refractivity contribution < 1.29 is 0 Å². The Bertz CT molecular complexity index is 298. The highest BCUT2D eigenvalue weighted by Gasteiger charge is 2.24. The second-order valence-electron chi connectivity index (χ2n) is 2.92. The van der Waals surface area contributed by atoms with Gasteiger partial charge in [0.2, 0.25) is 0 Å². The second kappa shape index (κ2) is 3.53. The molecule has 0 aliphatic carbocycles. The third-order valence-electron chi connectivity index (χ3n) is 2.05. The first-order valence-electron chi connectivity index (χ1n) is 4.10. The molecule has 1 aliphatic rings. The molecule has 1 fully saturated rings. The van der Waals surface area contributed by atoms with Gasteiger partial charge in [-0.1, -0.05) is 42.1 Å². The maximum absolute atomic E-state index is 5.71. The van der Waals surface area contributed by atoms with Gasteiger partial charge in [-0.3, -0.25) is 0 Å². The van der Waals surface area contributed by atoms with E-state index in [0.29, 0.717) is 0 Å². The molecule has 12 heavy (non-hydrogen) atoms. The first-order chi connectivity index (χ1) is 5.81. The lowest BCUT2D eigenvalue weighted by molar-refractivity contribution is 1.14. The summed E-state index contributed by atoms with van der Waals surface area (Å²) in [5.74, 6) is 1.27. The van der Waals surface area contributed by atoms with Crippen LogP contribution in [0.1, 0.15) is 6.42 Å². The molecular formula is C9H11PS2. The van der Waals surface area contributed by atoms with E-state index in [1.165, 1.54) is 23.6 Å². The quantitative estimate of drug-likeness (QED) is 0.659. The van der Waals surface area contributed by atoms with Crippen molar-refractivity contribution in [3.8, 4) is 0 Å². The van der Waals surface area contributed by atoms with E-state index < -0.39 is 5.24 Å². The smallest absolute Gasteiger partial charge is 0.0338 e. The van der Waals surface area contributed by atoms with Gasteiger partial charge in [-0.25, -0.2) is 0 Å². The van der Waals surface area contributed by atoms with Crippen molar-refractivity contribution >= 4 is 33.7 Å². The van der Waals surface area contributed by atoms with Gasteiger partial charge >= 0.3 is 0 Å². The lowest BCUT2D eigenvalue weighted by Crippen LogP contribution is -2.00. The highest BCUT2D eigenvalue weighted by Crippen LogP contribution is 2.62. The standard InChI is InChI=1S/C9H11PS2/c11-10(7-4-8-12-10)9-5-2-1-3-6-9/h1-3,5-6H,4,7-8H2. The normalized spacial score (nSPS) is 29.0. The van der Waals surface area contributed by atoms with Crippen LogP contribution in [0.4, 0.5) is 0 Å². The topological polar surface area (TPSA) is 0 Å². The van der Waals surface area contributed by atoms with Crippen molar-refractivity contribution in [1.82, 2.24) is 0 Å². The van der Waals surface area contributed by atoms with Crippen molar-refractivity contribution in [2.24, 2.45) is 0 Å². The fourth-order valence-corrected chi connectivity index (χ4v) is 8.21. The highest BCUT2D eigenvalue weighted by atomic mass is 32.9. The minimum absolute atomic E-state index is 1.17. The molecule has 1 aromatic rings. The first kappa shape index (κ1) is 8.80. The van der Waals surface area contributed by atoms with Crippen LogP contribution in [-0.2, 0) is 11.8 Å². The van der Waals surface area contributed by atoms with Crippen LogP contribution in [0.15, 0.2) is 30.3 Å². The summed E-state index contributed by atoms with van der Waals surface area (Å²) in [5.41, 5.74) is 0.